The Morgan fingerprint density at radius 3 is 2.90 bits per heavy atom. The third-order valence-corrected chi connectivity index (χ3v) is 5.64. The lowest BCUT2D eigenvalue weighted by Crippen LogP contribution is -2.40. The summed E-state index contributed by atoms with van der Waals surface area (Å²) in [7, 11) is 0. The number of hydrogen-bond acceptors (Lipinski definition) is 4. The Balaban J connectivity index is 1.61. The number of thiophene rings is 1. The first-order chi connectivity index (χ1) is 14.2. The lowest BCUT2D eigenvalue weighted by atomic mass is 10.1. The predicted octanol–water partition coefficient (Wildman–Crippen LogP) is 3.58. The van der Waals surface area contributed by atoms with E-state index in [-0.39, 0.29) is 11.9 Å². The van der Waals surface area contributed by atoms with Gasteiger partial charge in [0.15, 0.2) is 5.96 Å². The molecule has 1 aromatic carbocycles. The molecule has 29 heavy (non-hydrogen) atoms. The zero-order chi connectivity index (χ0) is 20.5. The first-order valence-corrected chi connectivity index (χ1v) is 10.7. The van der Waals surface area contributed by atoms with E-state index in [4.69, 9.17) is 0 Å². The molecule has 3 rings (SSSR count). The molecule has 0 spiro atoms. The van der Waals surface area contributed by atoms with Crippen molar-refractivity contribution < 1.29 is 4.39 Å². The summed E-state index contributed by atoms with van der Waals surface area (Å²) in [6.07, 6.45) is 3.15. The van der Waals surface area contributed by atoms with Crippen LogP contribution in [0.4, 0.5) is 4.39 Å². The molecule has 0 bridgehead atoms. The van der Waals surface area contributed by atoms with Crippen molar-refractivity contribution in [2.75, 3.05) is 13.1 Å². The largest absolute Gasteiger partial charge is 0.355 e. The molecule has 0 saturated heterocycles. The van der Waals surface area contributed by atoms with Crippen LogP contribution in [0.15, 0.2) is 53.1 Å². The smallest absolute Gasteiger partial charge is 0.191 e. The highest BCUT2D eigenvalue weighted by Gasteiger charge is 2.10. The molecule has 2 heterocycles. The predicted molar refractivity (Wildman–Crippen MR) is 116 cm³/mol. The average molecular weight is 415 g/mol. The van der Waals surface area contributed by atoms with Gasteiger partial charge in [-0.1, -0.05) is 31.2 Å². The van der Waals surface area contributed by atoms with Crippen LogP contribution in [0.3, 0.4) is 0 Å². The van der Waals surface area contributed by atoms with Crippen molar-refractivity contribution in [3.05, 3.63) is 70.2 Å². The summed E-state index contributed by atoms with van der Waals surface area (Å²) in [6.45, 7) is 6.11. The number of benzene rings is 1. The normalized spacial score (nSPS) is 12.7. The van der Waals surface area contributed by atoms with Gasteiger partial charge in [-0.15, -0.1) is 21.5 Å². The summed E-state index contributed by atoms with van der Waals surface area (Å²) < 4.78 is 15.9. The van der Waals surface area contributed by atoms with Gasteiger partial charge < -0.3 is 15.2 Å². The Kier molecular flexibility index (Phi) is 7.75. The highest BCUT2D eigenvalue weighted by Crippen LogP contribution is 2.17. The maximum Gasteiger partial charge on any atom is 0.191 e. The van der Waals surface area contributed by atoms with Crippen molar-refractivity contribution in [3.8, 4) is 0 Å². The van der Waals surface area contributed by atoms with Crippen LogP contribution in [-0.4, -0.2) is 33.8 Å². The molecule has 0 radical (unpaired) electrons. The van der Waals surface area contributed by atoms with Crippen molar-refractivity contribution in [2.45, 2.75) is 39.3 Å². The lowest BCUT2D eigenvalue weighted by molar-refractivity contribution is 0.607. The molecule has 1 unspecified atom stereocenters. The maximum atomic E-state index is 13.8. The molecule has 1 atom stereocenters. The number of aromatic nitrogens is 3. The Hall–Kier alpha value is -2.74. The van der Waals surface area contributed by atoms with Gasteiger partial charge in [0.2, 0.25) is 0 Å². The summed E-state index contributed by atoms with van der Waals surface area (Å²) in [5.41, 5.74) is 0.680. The second-order valence-corrected chi connectivity index (χ2v) is 7.65. The summed E-state index contributed by atoms with van der Waals surface area (Å²) in [5.74, 6) is 1.50. The van der Waals surface area contributed by atoms with Gasteiger partial charge in [0.25, 0.3) is 0 Å². The molecule has 0 aliphatic heterocycles. The van der Waals surface area contributed by atoms with E-state index in [1.54, 1.807) is 29.8 Å². The number of aryl methyl sites for hydroxylation is 1. The van der Waals surface area contributed by atoms with Gasteiger partial charge in [0.1, 0.15) is 18.0 Å². The monoisotopic (exact) mass is 414 g/mol. The minimum absolute atomic E-state index is 0.135. The van der Waals surface area contributed by atoms with Crippen molar-refractivity contribution >= 4 is 17.3 Å². The first-order valence-electron chi connectivity index (χ1n) is 9.85. The van der Waals surface area contributed by atoms with Crippen molar-refractivity contribution in [1.29, 1.82) is 0 Å². The van der Waals surface area contributed by atoms with Gasteiger partial charge in [-0.3, -0.25) is 4.99 Å². The fourth-order valence-corrected chi connectivity index (χ4v) is 3.72. The summed E-state index contributed by atoms with van der Waals surface area (Å²) >= 11 is 1.71. The van der Waals surface area contributed by atoms with Crippen LogP contribution < -0.4 is 10.6 Å². The number of guanidine groups is 1. The molecular formula is C21H27FN6S. The molecule has 0 aliphatic carbocycles. The highest BCUT2D eigenvalue weighted by molar-refractivity contribution is 7.10. The first kappa shape index (κ1) is 21.0. The quantitative estimate of drug-likeness (QED) is 0.415. The fourth-order valence-electron chi connectivity index (χ4n) is 2.99. The van der Waals surface area contributed by atoms with E-state index in [2.05, 4.69) is 51.1 Å². The third-order valence-electron chi connectivity index (χ3n) is 4.59. The third kappa shape index (κ3) is 6.12. The number of halogens is 1. The SMILES string of the molecule is CCc1nncn1CCNC(=NCCc1ccccc1F)NC(C)c1cccs1. The van der Waals surface area contributed by atoms with Crippen molar-refractivity contribution in [2.24, 2.45) is 4.99 Å². The standard InChI is InChI=1S/C21H27FN6S/c1-3-20-27-25-15-28(20)13-12-24-21(26-16(2)19-9-6-14-29-19)23-11-10-17-7-4-5-8-18(17)22/h4-9,14-16H,3,10-13H2,1-2H3,(H2,23,24,26). The summed E-state index contributed by atoms with van der Waals surface area (Å²) in [6, 6.07) is 11.1. The zero-order valence-electron chi connectivity index (χ0n) is 16.8. The number of rotatable bonds is 9. The summed E-state index contributed by atoms with van der Waals surface area (Å²) in [4.78, 5) is 5.90. The van der Waals surface area contributed by atoms with E-state index < -0.39 is 0 Å². The summed E-state index contributed by atoms with van der Waals surface area (Å²) in [5, 5.41) is 17.0. The Morgan fingerprint density at radius 2 is 2.14 bits per heavy atom. The van der Waals surface area contributed by atoms with Gasteiger partial charge in [-0.2, -0.15) is 0 Å². The van der Waals surface area contributed by atoms with Crippen LogP contribution in [-0.2, 0) is 19.4 Å². The molecule has 0 saturated carbocycles. The van der Waals surface area contributed by atoms with Crippen LogP contribution in [0.25, 0.3) is 0 Å². The molecule has 0 amide bonds. The van der Waals surface area contributed by atoms with Gasteiger partial charge in [0, 0.05) is 30.9 Å². The zero-order valence-corrected chi connectivity index (χ0v) is 17.6. The number of aliphatic imine (C=N–C) groups is 1. The van der Waals surface area contributed by atoms with E-state index in [0.29, 0.717) is 31.0 Å². The second kappa shape index (κ2) is 10.7. The van der Waals surface area contributed by atoms with E-state index in [9.17, 15) is 4.39 Å². The van der Waals surface area contributed by atoms with Gasteiger partial charge in [-0.05, 0) is 36.4 Å². The fraction of sp³-hybridized carbons (Fsp3) is 0.381. The maximum absolute atomic E-state index is 13.8. The van der Waals surface area contributed by atoms with Crippen LogP contribution in [0.1, 0.15) is 36.2 Å². The van der Waals surface area contributed by atoms with Crippen LogP contribution in [0, 0.1) is 5.82 Å². The Labute approximate surface area is 174 Å². The molecule has 3 aromatic rings. The molecule has 6 nitrogen and oxygen atoms in total. The molecule has 2 N–H and O–H groups in total. The van der Waals surface area contributed by atoms with E-state index >= 15 is 0 Å². The molecule has 8 heteroatoms. The van der Waals surface area contributed by atoms with Crippen LogP contribution in [0.2, 0.25) is 0 Å². The second-order valence-electron chi connectivity index (χ2n) is 6.67. The highest BCUT2D eigenvalue weighted by atomic mass is 32.1. The topological polar surface area (TPSA) is 67.1 Å². The lowest BCUT2D eigenvalue weighted by Gasteiger charge is -2.18. The van der Waals surface area contributed by atoms with E-state index in [0.717, 1.165) is 18.8 Å². The average Bonchev–Trinajstić information content (AvgIpc) is 3.41. The van der Waals surface area contributed by atoms with Crippen LogP contribution >= 0.6 is 11.3 Å². The number of nitrogens with zero attached hydrogens (tertiary/aromatic N) is 4. The minimum Gasteiger partial charge on any atom is -0.355 e. The van der Waals surface area contributed by atoms with Crippen molar-refractivity contribution in [3.63, 3.8) is 0 Å². The molecule has 2 aromatic heterocycles. The van der Waals surface area contributed by atoms with Crippen molar-refractivity contribution in [1.82, 2.24) is 25.4 Å². The Morgan fingerprint density at radius 1 is 1.28 bits per heavy atom. The van der Waals surface area contributed by atoms with Gasteiger partial charge in [-0.25, -0.2) is 4.39 Å². The molecule has 0 fully saturated rings. The van der Waals surface area contributed by atoms with Gasteiger partial charge >= 0.3 is 0 Å². The van der Waals surface area contributed by atoms with Crippen LogP contribution in [0.5, 0.6) is 0 Å². The van der Waals surface area contributed by atoms with E-state index in [1.165, 1.54) is 10.9 Å². The molecule has 0 aliphatic rings. The minimum atomic E-state index is -0.183. The molecule has 154 valence electrons. The van der Waals surface area contributed by atoms with E-state index in [1.807, 2.05) is 16.7 Å². The Bertz CT molecular complexity index is 906. The molecular weight excluding hydrogens is 387 g/mol. The number of nitrogens with one attached hydrogen (secondary N) is 2. The number of hydrogen-bond donors (Lipinski definition) is 2. The van der Waals surface area contributed by atoms with Gasteiger partial charge in [0.05, 0.1) is 6.04 Å².